The Hall–Kier alpha value is -1.34. The summed E-state index contributed by atoms with van der Waals surface area (Å²) >= 11 is 0. The summed E-state index contributed by atoms with van der Waals surface area (Å²) < 4.78 is 0. The highest BCUT2D eigenvalue weighted by Gasteiger charge is 2.29. The van der Waals surface area contributed by atoms with Gasteiger partial charge in [-0.15, -0.1) is 0 Å². The molecule has 2 amide bonds. The lowest BCUT2D eigenvalue weighted by Crippen LogP contribution is -2.59. The Balaban J connectivity index is 2.56. The fourth-order valence-electron chi connectivity index (χ4n) is 2.32. The predicted molar refractivity (Wildman–Crippen MR) is 69.4 cm³/mol. The van der Waals surface area contributed by atoms with Crippen LogP contribution in [0.15, 0.2) is 0 Å². The van der Waals surface area contributed by atoms with Crippen LogP contribution in [0.3, 0.4) is 0 Å². The maximum Gasteiger partial charge on any atom is 0.330 e. The summed E-state index contributed by atoms with van der Waals surface area (Å²) in [6, 6.07) is -1.49. The van der Waals surface area contributed by atoms with Crippen molar-refractivity contribution in [3.63, 3.8) is 0 Å². The molecule has 19 heavy (non-hydrogen) atoms. The van der Waals surface area contributed by atoms with E-state index in [1.54, 1.807) is 0 Å². The molecule has 7 nitrogen and oxygen atoms in total. The number of carbonyl (C=O) groups is 2. The Morgan fingerprint density at radius 2 is 1.79 bits per heavy atom. The van der Waals surface area contributed by atoms with Crippen LogP contribution in [0.4, 0.5) is 4.79 Å². The number of piperidine rings is 1. The molecule has 4 unspecified atom stereocenters. The summed E-state index contributed by atoms with van der Waals surface area (Å²) in [6.45, 7) is 5.35. The van der Waals surface area contributed by atoms with Crippen molar-refractivity contribution in [1.82, 2.24) is 15.8 Å². The Kier molecular flexibility index (Phi) is 5.56. The van der Waals surface area contributed by atoms with Gasteiger partial charge in [-0.1, -0.05) is 6.42 Å². The van der Waals surface area contributed by atoms with E-state index >= 15 is 0 Å². The lowest BCUT2D eigenvalue weighted by atomic mass is 10.00. The number of carbonyl (C=O) groups excluding carboxylic acids is 1. The fourth-order valence-corrected chi connectivity index (χ4v) is 2.32. The van der Waals surface area contributed by atoms with Gasteiger partial charge in [0.1, 0.15) is 0 Å². The van der Waals surface area contributed by atoms with Crippen LogP contribution in [0.2, 0.25) is 0 Å². The Morgan fingerprint density at radius 1 is 1.26 bits per heavy atom. The van der Waals surface area contributed by atoms with E-state index in [1.807, 2.05) is 18.9 Å². The van der Waals surface area contributed by atoms with Gasteiger partial charge in [-0.2, -0.15) is 0 Å². The molecule has 110 valence electrons. The molecule has 1 aliphatic heterocycles. The summed E-state index contributed by atoms with van der Waals surface area (Å²) in [5, 5.41) is 22.3. The molecule has 4 atom stereocenters. The number of hydrogen-bond donors (Lipinski definition) is 4. The molecule has 0 aromatic rings. The summed E-state index contributed by atoms with van der Waals surface area (Å²) in [5.41, 5.74) is 2.67. The average molecular weight is 273 g/mol. The van der Waals surface area contributed by atoms with Crippen molar-refractivity contribution in [2.24, 2.45) is 0 Å². The smallest absolute Gasteiger partial charge is 0.330 e. The van der Waals surface area contributed by atoms with Gasteiger partial charge < -0.3 is 15.5 Å². The van der Waals surface area contributed by atoms with E-state index in [0.29, 0.717) is 0 Å². The fraction of sp³-hybridized carbons (Fsp3) is 0.833. The van der Waals surface area contributed by atoms with Crippen molar-refractivity contribution < 1.29 is 19.8 Å². The summed E-state index contributed by atoms with van der Waals surface area (Å²) in [7, 11) is 0. The number of hydrogen-bond acceptors (Lipinski definition) is 4. The maximum atomic E-state index is 11.8. The molecule has 0 radical (unpaired) electrons. The number of nitrogens with zero attached hydrogens (tertiary/aromatic N) is 1. The highest BCUT2D eigenvalue weighted by molar-refractivity contribution is 5.82. The quantitative estimate of drug-likeness (QED) is 0.590. The van der Waals surface area contributed by atoms with Gasteiger partial charge in [-0.05, 0) is 33.6 Å². The predicted octanol–water partition coefficient (Wildman–Crippen LogP) is 0.297. The third-order valence-corrected chi connectivity index (χ3v) is 3.46. The number of urea groups is 1. The monoisotopic (exact) mass is 273 g/mol. The molecule has 0 aromatic carbocycles. The second-order valence-corrected chi connectivity index (χ2v) is 5.18. The SMILES string of the molecule is CC(O)C(NC(=O)NN1C(C)CCCC1C)C(=O)O. The Bertz CT molecular complexity index is 325. The van der Waals surface area contributed by atoms with Crippen LogP contribution in [0.5, 0.6) is 0 Å². The van der Waals surface area contributed by atoms with Crippen molar-refractivity contribution in [1.29, 1.82) is 0 Å². The molecule has 0 aliphatic carbocycles. The molecule has 1 fully saturated rings. The normalized spacial score (nSPS) is 27.4. The third kappa shape index (κ3) is 4.36. The number of carboxylic acid groups (broad SMARTS) is 1. The number of rotatable bonds is 4. The number of aliphatic carboxylic acids is 1. The number of hydrazine groups is 1. The van der Waals surface area contributed by atoms with Gasteiger partial charge in [-0.3, -0.25) is 5.43 Å². The van der Waals surface area contributed by atoms with E-state index in [1.165, 1.54) is 6.92 Å². The second kappa shape index (κ2) is 6.72. The van der Waals surface area contributed by atoms with E-state index in [0.717, 1.165) is 19.3 Å². The summed E-state index contributed by atoms with van der Waals surface area (Å²) in [5.74, 6) is -1.26. The van der Waals surface area contributed by atoms with Crippen LogP contribution in [0.25, 0.3) is 0 Å². The van der Waals surface area contributed by atoms with Gasteiger partial charge in [0.25, 0.3) is 0 Å². The molecule has 1 rings (SSSR count). The van der Waals surface area contributed by atoms with Crippen LogP contribution in [-0.2, 0) is 4.79 Å². The van der Waals surface area contributed by atoms with Gasteiger partial charge in [0, 0.05) is 12.1 Å². The standard InChI is InChI=1S/C12H23N3O4/c1-7-5-4-6-8(2)15(7)14-12(19)13-10(9(3)16)11(17)18/h7-10,16H,4-6H2,1-3H3,(H,17,18)(H2,13,14,19). The van der Waals surface area contributed by atoms with E-state index in [-0.39, 0.29) is 12.1 Å². The van der Waals surface area contributed by atoms with E-state index in [4.69, 9.17) is 5.11 Å². The molecular formula is C12H23N3O4. The molecule has 1 aliphatic rings. The Morgan fingerprint density at radius 3 is 2.21 bits per heavy atom. The molecule has 0 spiro atoms. The van der Waals surface area contributed by atoms with Crippen LogP contribution in [-0.4, -0.2) is 51.5 Å². The minimum Gasteiger partial charge on any atom is -0.480 e. The zero-order valence-electron chi connectivity index (χ0n) is 11.6. The topological polar surface area (TPSA) is 102 Å². The highest BCUT2D eigenvalue weighted by atomic mass is 16.4. The van der Waals surface area contributed by atoms with Crippen molar-refractivity contribution in [2.45, 2.75) is 64.3 Å². The maximum absolute atomic E-state index is 11.8. The second-order valence-electron chi connectivity index (χ2n) is 5.18. The summed E-state index contributed by atoms with van der Waals surface area (Å²) in [4.78, 5) is 22.7. The first-order valence-corrected chi connectivity index (χ1v) is 6.59. The lowest BCUT2D eigenvalue weighted by molar-refractivity contribution is -0.141. The molecule has 7 heteroatoms. The molecule has 0 saturated carbocycles. The number of nitrogens with one attached hydrogen (secondary N) is 2. The Labute approximate surface area is 112 Å². The first kappa shape index (κ1) is 15.7. The van der Waals surface area contributed by atoms with Gasteiger partial charge >= 0.3 is 12.0 Å². The summed E-state index contributed by atoms with van der Waals surface area (Å²) in [6.07, 6.45) is 1.94. The number of aliphatic hydroxyl groups excluding tert-OH is 1. The molecule has 1 heterocycles. The van der Waals surface area contributed by atoms with Gasteiger partial charge in [0.05, 0.1) is 6.10 Å². The van der Waals surface area contributed by atoms with Crippen LogP contribution in [0.1, 0.15) is 40.0 Å². The van der Waals surface area contributed by atoms with Crippen molar-refractivity contribution >= 4 is 12.0 Å². The van der Waals surface area contributed by atoms with E-state index in [9.17, 15) is 14.7 Å². The van der Waals surface area contributed by atoms with E-state index in [2.05, 4.69) is 10.7 Å². The van der Waals surface area contributed by atoms with Crippen molar-refractivity contribution in [2.75, 3.05) is 0 Å². The first-order chi connectivity index (χ1) is 8.82. The molecule has 0 aromatic heterocycles. The van der Waals surface area contributed by atoms with E-state index < -0.39 is 24.1 Å². The minimum atomic E-state index is -1.31. The third-order valence-electron chi connectivity index (χ3n) is 3.46. The minimum absolute atomic E-state index is 0.212. The van der Waals surface area contributed by atoms with Gasteiger partial charge in [-0.25, -0.2) is 14.6 Å². The molecule has 0 bridgehead atoms. The largest absolute Gasteiger partial charge is 0.480 e. The van der Waals surface area contributed by atoms with Crippen molar-refractivity contribution in [3.05, 3.63) is 0 Å². The number of aliphatic hydroxyl groups is 1. The van der Waals surface area contributed by atoms with Gasteiger partial charge in [0.2, 0.25) is 0 Å². The zero-order chi connectivity index (χ0) is 14.6. The first-order valence-electron chi connectivity index (χ1n) is 6.59. The van der Waals surface area contributed by atoms with Crippen LogP contribution >= 0.6 is 0 Å². The molecule has 1 saturated heterocycles. The number of amides is 2. The highest BCUT2D eigenvalue weighted by Crippen LogP contribution is 2.19. The van der Waals surface area contributed by atoms with Gasteiger partial charge in [0.15, 0.2) is 6.04 Å². The van der Waals surface area contributed by atoms with Crippen LogP contribution in [0, 0.1) is 0 Å². The molecule has 4 N–H and O–H groups in total. The number of carboxylic acids is 1. The lowest BCUT2D eigenvalue weighted by Gasteiger charge is -2.38. The molecular weight excluding hydrogens is 250 g/mol. The van der Waals surface area contributed by atoms with Crippen LogP contribution < -0.4 is 10.7 Å². The zero-order valence-corrected chi connectivity index (χ0v) is 11.6. The van der Waals surface area contributed by atoms with Crippen molar-refractivity contribution in [3.8, 4) is 0 Å². The average Bonchev–Trinajstić information content (AvgIpc) is 2.30.